The Balaban J connectivity index is 1.72. The molecule has 0 saturated carbocycles. The van der Waals surface area contributed by atoms with E-state index in [0.29, 0.717) is 18.1 Å². The average molecular weight is 447 g/mol. The van der Waals surface area contributed by atoms with E-state index in [9.17, 15) is 0 Å². The van der Waals surface area contributed by atoms with E-state index < -0.39 is 0 Å². The minimum absolute atomic E-state index is 0.489. The molecule has 3 aromatic carbocycles. The molecule has 2 nitrogen and oxygen atoms in total. The summed E-state index contributed by atoms with van der Waals surface area (Å²) in [5.41, 5.74) is 2.95. The van der Waals surface area contributed by atoms with Crippen LogP contribution in [-0.4, -0.2) is 4.99 Å². The molecule has 0 bridgehead atoms. The first-order chi connectivity index (χ1) is 12.6. The number of nitrogens with one attached hydrogen (secondary N) is 1. The van der Waals surface area contributed by atoms with E-state index in [0.717, 1.165) is 31.9 Å². The van der Waals surface area contributed by atoms with Crippen molar-refractivity contribution in [3.8, 4) is 5.75 Å². The number of ether oxygens (including phenoxy) is 1. The molecule has 26 heavy (non-hydrogen) atoms. The van der Waals surface area contributed by atoms with Gasteiger partial charge in [0.15, 0.2) is 0 Å². The van der Waals surface area contributed by atoms with Gasteiger partial charge in [-0.3, -0.25) is 0 Å². The molecule has 132 valence electrons. The molecule has 3 rings (SSSR count). The molecular weight excluding hydrogens is 430 g/mol. The maximum atomic E-state index is 6.21. The summed E-state index contributed by atoms with van der Waals surface area (Å²) in [6.07, 6.45) is 0. The van der Waals surface area contributed by atoms with Gasteiger partial charge in [-0.2, -0.15) is 0 Å². The molecule has 0 fully saturated rings. The minimum Gasteiger partial charge on any atom is -0.488 e. The highest BCUT2D eigenvalue weighted by molar-refractivity contribution is 9.10. The van der Waals surface area contributed by atoms with Crippen molar-refractivity contribution in [3.05, 3.63) is 99.0 Å². The van der Waals surface area contributed by atoms with Crippen molar-refractivity contribution in [1.82, 2.24) is 5.32 Å². The lowest BCUT2D eigenvalue weighted by atomic mass is 10.1. The molecule has 0 aromatic heterocycles. The van der Waals surface area contributed by atoms with Gasteiger partial charge in [-0.1, -0.05) is 88.3 Å². The van der Waals surface area contributed by atoms with Crippen LogP contribution in [0.2, 0.25) is 5.02 Å². The first-order valence-corrected chi connectivity index (χ1v) is 9.69. The van der Waals surface area contributed by atoms with Crippen LogP contribution < -0.4 is 10.1 Å². The molecule has 0 aliphatic heterocycles. The van der Waals surface area contributed by atoms with Crippen molar-refractivity contribution in [2.75, 3.05) is 0 Å². The normalized spacial score (nSPS) is 10.4. The molecule has 0 aliphatic carbocycles. The van der Waals surface area contributed by atoms with E-state index in [4.69, 9.17) is 28.6 Å². The van der Waals surface area contributed by atoms with E-state index in [1.54, 1.807) is 0 Å². The lowest BCUT2D eigenvalue weighted by molar-refractivity contribution is 0.305. The summed E-state index contributed by atoms with van der Waals surface area (Å²) >= 11 is 15.3. The van der Waals surface area contributed by atoms with Gasteiger partial charge >= 0.3 is 0 Å². The summed E-state index contributed by atoms with van der Waals surface area (Å²) in [6, 6.07) is 23.6. The number of hydrogen-bond acceptors (Lipinski definition) is 2. The fraction of sp³-hybridized carbons (Fsp3) is 0.0952. The van der Waals surface area contributed by atoms with Crippen LogP contribution in [-0.2, 0) is 13.2 Å². The Morgan fingerprint density at radius 1 is 1.00 bits per heavy atom. The van der Waals surface area contributed by atoms with Crippen molar-refractivity contribution in [2.24, 2.45) is 0 Å². The van der Waals surface area contributed by atoms with E-state index in [1.165, 1.54) is 0 Å². The van der Waals surface area contributed by atoms with E-state index >= 15 is 0 Å². The van der Waals surface area contributed by atoms with E-state index in [1.807, 2.05) is 72.8 Å². The molecule has 3 aromatic rings. The lowest BCUT2D eigenvalue weighted by Gasteiger charge is -2.15. The monoisotopic (exact) mass is 445 g/mol. The van der Waals surface area contributed by atoms with Crippen molar-refractivity contribution in [2.45, 2.75) is 13.2 Å². The van der Waals surface area contributed by atoms with Gasteiger partial charge in [-0.05, 0) is 35.4 Å². The fourth-order valence-electron chi connectivity index (χ4n) is 2.45. The zero-order valence-corrected chi connectivity index (χ0v) is 17.1. The highest BCUT2D eigenvalue weighted by Crippen LogP contribution is 2.25. The summed E-state index contributed by atoms with van der Waals surface area (Å²) in [5.74, 6) is 0.744. The molecule has 0 unspecified atom stereocenters. The molecule has 0 atom stereocenters. The predicted molar refractivity (Wildman–Crippen MR) is 115 cm³/mol. The Bertz CT molecular complexity index is 902. The third kappa shape index (κ3) is 5.07. The van der Waals surface area contributed by atoms with Gasteiger partial charge in [0.2, 0.25) is 0 Å². The zero-order valence-electron chi connectivity index (χ0n) is 13.9. The lowest BCUT2D eigenvalue weighted by Crippen LogP contribution is -2.22. The van der Waals surface area contributed by atoms with Gasteiger partial charge in [0.05, 0.1) is 5.56 Å². The quantitative estimate of drug-likeness (QED) is 0.459. The Morgan fingerprint density at radius 3 is 2.50 bits per heavy atom. The summed E-state index contributed by atoms with van der Waals surface area (Å²) < 4.78 is 6.95. The fourth-order valence-corrected chi connectivity index (χ4v) is 3.25. The second-order valence-electron chi connectivity index (χ2n) is 5.69. The smallest absolute Gasteiger partial charge is 0.130 e. The Kier molecular flexibility index (Phi) is 6.67. The van der Waals surface area contributed by atoms with Gasteiger partial charge in [0.25, 0.3) is 0 Å². The molecule has 0 heterocycles. The van der Waals surface area contributed by atoms with Gasteiger partial charge in [-0.15, -0.1) is 0 Å². The molecule has 0 amide bonds. The second kappa shape index (κ2) is 9.17. The summed E-state index contributed by atoms with van der Waals surface area (Å²) in [6.45, 7) is 1.05. The van der Waals surface area contributed by atoms with Crippen LogP contribution in [0.1, 0.15) is 16.7 Å². The Labute approximate surface area is 172 Å². The van der Waals surface area contributed by atoms with Crippen molar-refractivity contribution >= 4 is 44.7 Å². The highest BCUT2D eigenvalue weighted by Gasteiger charge is 2.11. The van der Waals surface area contributed by atoms with Crippen LogP contribution in [0.25, 0.3) is 0 Å². The molecule has 1 N–H and O–H groups in total. The minimum atomic E-state index is 0.489. The third-order valence-corrected chi connectivity index (χ3v) is 5.05. The largest absolute Gasteiger partial charge is 0.488 e. The molecule has 5 heteroatoms. The van der Waals surface area contributed by atoms with Gasteiger partial charge < -0.3 is 10.1 Å². The molecule has 0 saturated heterocycles. The first kappa shape index (κ1) is 18.9. The molecule has 0 aliphatic rings. The summed E-state index contributed by atoms with van der Waals surface area (Å²) in [5, 5.41) is 3.99. The SMILES string of the molecule is S=C(NCc1ccccc1Cl)c1cc(Br)ccc1OCc1ccccc1. The van der Waals surface area contributed by atoms with Crippen LogP contribution in [0.3, 0.4) is 0 Å². The maximum absolute atomic E-state index is 6.21. The second-order valence-corrected chi connectivity index (χ2v) is 7.42. The Hall–Kier alpha value is -1.88. The van der Waals surface area contributed by atoms with Gasteiger partial charge in [-0.25, -0.2) is 0 Å². The van der Waals surface area contributed by atoms with E-state index in [-0.39, 0.29) is 0 Å². The number of hydrogen-bond donors (Lipinski definition) is 1. The van der Waals surface area contributed by atoms with Crippen molar-refractivity contribution in [1.29, 1.82) is 0 Å². The van der Waals surface area contributed by atoms with Crippen LogP contribution >= 0.6 is 39.7 Å². The van der Waals surface area contributed by atoms with Crippen LogP contribution in [0.4, 0.5) is 0 Å². The molecule has 0 spiro atoms. The first-order valence-electron chi connectivity index (χ1n) is 8.11. The summed E-state index contributed by atoms with van der Waals surface area (Å²) in [7, 11) is 0. The van der Waals surface area contributed by atoms with Crippen LogP contribution in [0.5, 0.6) is 5.75 Å². The van der Waals surface area contributed by atoms with Crippen molar-refractivity contribution in [3.63, 3.8) is 0 Å². The average Bonchev–Trinajstić information content (AvgIpc) is 2.67. The van der Waals surface area contributed by atoms with Crippen LogP contribution in [0.15, 0.2) is 77.3 Å². The van der Waals surface area contributed by atoms with Crippen LogP contribution in [0, 0.1) is 0 Å². The standard InChI is InChI=1S/C21H17BrClNOS/c22-17-10-11-20(25-14-15-6-2-1-3-7-15)18(12-17)21(26)24-13-16-8-4-5-9-19(16)23/h1-12H,13-14H2,(H,24,26). The highest BCUT2D eigenvalue weighted by atomic mass is 79.9. The number of benzene rings is 3. The predicted octanol–water partition coefficient (Wildman–Crippen LogP) is 6.15. The van der Waals surface area contributed by atoms with Gasteiger partial charge in [0.1, 0.15) is 17.3 Å². The van der Waals surface area contributed by atoms with E-state index in [2.05, 4.69) is 21.2 Å². The maximum Gasteiger partial charge on any atom is 0.130 e. The number of halogens is 2. The topological polar surface area (TPSA) is 21.3 Å². The molecule has 0 radical (unpaired) electrons. The van der Waals surface area contributed by atoms with Gasteiger partial charge in [0, 0.05) is 16.0 Å². The number of thiocarbonyl (C=S) groups is 1. The number of rotatable bonds is 6. The van der Waals surface area contributed by atoms with Crippen molar-refractivity contribution < 1.29 is 4.74 Å². The third-order valence-electron chi connectivity index (χ3n) is 3.82. The molecular formula is C21H17BrClNOS. The summed E-state index contributed by atoms with van der Waals surface area (Å²) in [4.78, 5) is 0.620. The zero-order chi connectivity index (χ0) is 18.4. The Morgan fingerprint density at radius 2 is 1.73 bits per heavy atom.